The molecule has 26 heavy (non-hydrogen) atoms. The summed E-state index contributed by atoms with van der Waals surface area (Å²) in [6.07, 6.45) is 0. The molecule has 0 radical (unpaired) electrons. The predicted molar refractivity (Wildman–Crippen MR) is 98.4 cm³/mol. The molecule has 0 aliphatic rings. The van der Waals surface area contributed by atoms with Gasteiger partial charge in [-0.1, -0.05) is 39.0 Å². The molecule has 2 aromatic carbocycles. The SMILES string of the molecule is Cc1cc(OC(=O)c2ccc(C(C)(C)C)cc2)n(-c2cccc(F)c2)n1. The number of hydrogen-bond donors (Lipinski definition) is 0. The Bertz CT molecular complexity index is 937. The minimum atomic E-state index is -0.483. The maximum atomic E-state index is 13.5. The highest BCUT2D eigenvalue weighted by Gasteiger charge is 2.17. The van der Waals surface area contributed by atoms with Gasteiger partial charge < -0.3 is 4.74 Å². The molecule has 3 aromatic rings. The van der Waals surface area contributed by atoms with E-state index in [2.05, 4.69) is 25.9 Å². The van der Waals surface area contributed by atoms with Gasteiger partial charge in [-0.3, -0.25) is 0 Å². The van der Waals surface area contributed by atoms with Crippen molar-refractivity contribution in [2.45, 2.75) is 33.1 Å². The third-order valence-electron chi connectivity index (χ3n) is 4.04. The van der Waals surface area contributed by atoms with Crippen molar-refractivity contribution in [2.24, 2.45) is 0 Å². The Kier molecular flexibility index (Phi) is 4.64. The van der Waals surface area contributed by atoms with Gasteiger partial charge in [-0.05, 0) is 48.2 Å². The number of carbonyl (C=O) groups is 1. The van der Waals surface area contributed by atoms with Crippen LogP contribution in [0.4, 0.5) is 4.39 Å². The lowest BCUT2D eigenvalue weighted by Crippen LogP contribution is -2.14. The van der Waals surface area contributed by atoms with Crippen molar-refractivity contribution in [3.8, 4) is 11.6 Å². The highest BCUT2D eigenvalue weighted by atomic mass is 19.1. The Morgan fingerprint density at radius 1 is 1.08 bits per heavy atom. The van der Waals surface area contributed by atoms with Crippen molar-refractivity contribution >= 4 is 5.97 Å². The van der Waals surface area contributed by atoms with Crippen LogP contribution in [0.25, 0.3) is 5.69 Å². The molecule has 0 amide bonds. The molecule has 0 atom stereocenters. The lowest BCUT2D eigenvalue weighted by molar-refractivity contribution is 0.0723. The van der Waals surface area contributed by atoms with E-state index in [1.54, 1.807) is 37.3 Å². The topological polar surface area (TPSA) is 44.1 Å². The van der Waals surface area contributed by atoms with Gasteiger partial charge in [-0.25, -0.2) is 13.9 Å². The third kappa shape index (κ3) is 3.82. The highest BCUT2D eigenvalue weighted by Crippen LogP contribution is 2.24. The van der Waals surface area contributed by atoms with Gasteiger partial charge in [0.1, 0.15) is 5.82 Å². The first-order chi connectivity index (χ1) is 12.2. The summed E-state index contributed by atoms with van der Waals surface area (Å²) in [5.41, 5.74) is 2.75. The second-order valence-electron chi connectivity index (χ2n) is 7.23. The van der Waals surface area contributed by atoms with Crippen molar-refractivity contribution in [2.75, 3.05) is 0 Å². The van der Waals surface area contributed by atoms with E-state index in [-0.39, 0.29) is 17.1 Å². The quantitative estimate of drug-likeness (QED) is 0.634. The van der Waals surface area contributed by atoms with Crippen LogP contribution in [0.5, 0.6) is 5.88 Å². The first-order valence-corrected chi connectivity index (χ1v) is 8.39. The first-order valence-electron chi connectivity index (χ1n) is 8.39. The monoisotopic (exact) mass is 352 g/mol. The average Bonchev–Trinajstić information content (AvgIpc) is 2.94. The lowest BCUT2D eigenvalue weighted by Gasteiger charge is -2.18. The zero-order valence-corrected chi connectivity index (χ0v) is 15.3. The molecule has 0 bridgehead atoms. The smallest absolute Gasteiger partial charge is 0.344 e. The van der Waals surface area contributed by atoms with Gasteiger partial charge in [0.05, 0.1) is 16.9 Å². The molecule has 0 saturated heterocycles. The second-order valence-corrected chi connectivity index (χ2v) is 7.23. The van der Waals surface area contributed by atoms with Crippen molar-refractivity contribution in [1.82, 2.24) is 9.78 Å². The van der Waals surface area contributed by atoms with Crippen molar-refractivity contribution in [1.29, 1.82) is 0 Å². The van der Waals surface area contributed by atoms with Crippen LogP contribution < -0.4 is 4.74 Å². The lowest BCUT2D eigenvalue weighted by atomic mass is 9.87. The van der Waals surface area contributed by atoms with Gasteiger partial charge in [0, 0.05) is 6.07 Å². The Balaban J connectivity index is 1.86. The number of hydrogen-bond acceptors (Lipinski definition) is 3. The number of ether oxygens (including phenoxy) is 1. The van der Waals surface area contributed by atoms with Crippen LogP contribution in [0.1, 0.15) is 42.4 Å². The molecule has 3 rings (SSSR count). The Hall–Kier alpha value is -2.95. The van der Waals surface area contributed by atoms with Crippen LogP contribution in [0.15, 0.2) is 54.6 Å². The van der Waals surface area contributed by atoms with Crippen LogP contribution in [0.3, 0.4) is 0 Å². The summed E-state index contributed by atoms with van der Waals surface area (Å²) >= 11 is 0. The summed E-state index contributed by atoms with van der Waals surface area (Å²) in [5, 5.41) is 4.29. The molecular weight excluding hydrogens is 331 g/mol. The summed E-state index contributed by atoms with van der Waals surface area (Å²) < 4.78 is 20.4. The van der Waals surface area contributed by atoms with E-state index in [0.717, 1.165) is 5.56 Å². The van der Waals surface area contributed by atoms with Crippen molar-refractivity contribution in [3.63, 3.8) is 0 Å². The summed E-state index contributed by atoms with van der Waals surface area (Å²) in [5.74, 6) is -0.619. The number of benzene rings is 2. The molecule has 0 unspecified atom stereocenters. The fourth-order valence-corrected chi connectivity index (χ4v) is 2.60. The molecule has 1 heterocycles. The number of rotatable bonds is 3. The fourth-order valence-electron chi connectivity index (χ4n) is 2.60. The fraction of sp³-hybridized carbons (Fsp3) is 0.238. The number of aryl methyl sites for hydroxylation is 1. The third-order valence-corrected chi connectivity index (χ3v) is 4.04. The molecule has 0 aliphatic carbocycles. The molecule has 0 fully saturated rings. The van der Waals surface area contributed by atoms with Gasteiger partial charge >= 0.3 is 5.97 Å². The molecular formula is C21H21FN2O2. The number of carbonyl (C=O) groups excluding carboxylic acids is 1. The van der Waals surface area contributed by atoms with E-state index in [4.69, 9.17) is 4.74 Å². The summed E-state index contributed by atoms with van der Waals surface area (Å²) in [4.78, 5) is 12.5. The van der Waals surface area contributed by atoms with Crippen molar-refractivity contribution < 1.29 is 13.9 Å². The normalized spacial score (nSPS) is 11.4. The molecule has 134 valence electrons. The minimum absolute atomic E-state index is 0.00947. The Morgan fingerprint density at radius 3 is 2.38 bits per heavy atom. The Labute approximate surface area is 152 Å². The van der Waals surface area contributed by atoms with Gasteiger partial charge in [0.2, 0.25) is 5.88 Å². The molecule has 5 heteroatoms. The van der Waals surface area contributed by atoms with Gasteiger partial charge in [0.25, 0.3) is 0 Å². The van der Waals surface area contributed by atoms with E-state index in [9.17, 15) is 9.18 Å². The Morgan fingerprint density at radius 2 is 1.77 bits per heavy atom. The molecule has 1 aromatic heterocycles. The van der Waals surface area contributed by atoms with E-state index in [1.165, 1.54) is 16.8 Å². The second kappa shape index (κ2) is 6.75. The highest BCUT2D eigenvalue weighted by molar-refractivity contribution is 5.91. The zero-order valence-electron chi connectivity index (χ0n) is 15.3. The number of nitrogens with zero attached hydrogens (tertiary/aromatic N) is 2. The van der Waals surface area contributed by atoms with Crippen LogP contribution >= 0.6 is 0 Å². The number of aromatic nitrogens is 2. The number of halogens is 1. The van der Waals surface area contributed by atoms with E-state index in [1.807, 2.05) is 12.1 Å². The van der Waals surface area contributed by atoms with E-state index >= 15 is 0 Å². The van der Waals surface area contributed by atoms with E-state index in [0.29, 0.717) is 16.9 Å². The van der Waals surface area contributed by atoms with Gasteiger partial charge in [-0.15, -0.1) is 0 Å². The van der Waals surface area contributed by atoms with Crippen LogP contribution in [-0.4, -0.2) is 15.7 Å². The molecule has 0 aliphatic heterocycles. The van der Waals surface area contributed by atoms with Crippen LogP contribution in [0.2, 0.25) is 0 Å². The van der Waals surface area contributed by atoms with Crippen LogP contribution in [0, 0.1) is 12.7 Å². The van der Waals surface area contributed by atoms with Gasteiger partial charge in [-0.2, -0.15) is 5.10 Å². The van der Waals surface area contributed by atoms with Crippen molar-refractivity contribution in [3.05, 3.63) is 77.2 Å². The first kappa shape index (κ1) is 17.9. The molecule has 0 N–H and O–H groups in total. The molecule has 0 spiro atoms. The largest absolute Gasteiger partial charge is 0.404 e. The van der Waals surface area contributed by atoms with Crippen LogP contribution in [-0.2, 0) is 5.41 Å². The number of esters is 1. The summed E-state index contributed by atoms with van der Waals surface area (Å²) in [6, 6.07) is 15.0. The van der Waals surface area contributed by atoms with E-state index < -0.39 is 5.97 Å². The minimum Gasteiger partial charge on any atom is -0.404 e. The maximum Gasteiger partial charge on any atom is 0.344 e. The van der Waals surface area contributed by atoms with Gasteiger partial charge in [0.15, 0.2) is 0 Å². The predicted octanol–water partition coefficient (Wildman–Crippen LogP) is 4.84. The molecule has 4 nitrogen and oxygen atoms in total. The summed E-state index contributed by atoms with van der Waals surface area (Å²) in [7, 11) is 0. The summed E-state index contributed by atoms with van der Waals surface area (Å²) in [6.45, 7) is 8.12. The zero-order chi connectivity index (χ0) is 18.9. The maximum absolute atomic E-state index is 13.5. The standard InChI is InChI=1S/C21H21FN2O2/c1-14-12-19(24(23-14)18-7-5-6-17(22)13-18)26-20(25)15-8-10-16(11-9-15)21(2,3)4/h5-13H,1-4H3. The molecule has 0 saturated carbocycles. The average molecular weight is 352 g/mol.